The van der Waals surface area contributed by atoms with Crippen LogP contribution in [-0.2, 0) is 0 Å². The number of fused-ring (bicyclic) bond motifs is 1. The molecule has 0 aliphatic heterocycles. The van der Waals surface area contributed by atoms with Crippen molar-refractivity contribution in [1.29, 1.82) is 0 Å². The zero-order chi connectivity index (χ0) is 15.5. The quantitative estimate of drug-likeness (QED) is 0.436. The molecule has 2 heterocycles. The number of nitrogens with zero attached hydrogens (tertiary/aromatic N) is 3. The third-order valence-corrected chi connectivity index (χ3v) is 5.32. The van der Waals surface area contributed by atoms with E-state index in [2.05, 4.69) is 52.7 Å². The highest BCUT2D eigenvalue weighted by molar-refractivity contribution is 7.98. The third-order valence-electron chi connectivity index (χ3n) is 3.47. The van der Waals surface area contributed by atoms with Gasteiger partial charge in [0.1, 0.15) is 11.2 Å². The number of hydrazone groups is 1. The number of rotatable bonds is 4. The first-order chi connectivity index (χ1) is 10.7. The maximum Gasteiger partial charge on any atom is 0.158 e. The number of benzene rings is 1. The SMILES string of the molecule is CSc1ccc(/C=N\Nc2ncnc3sc(C)c(C)c23)cc1. The van der Waals surface area contributed by atoms with Gasteiger partial charge in [-0.2, -0.15) is 5.10 Å². The first-order valence-corrected chi connectivity index (χ1v) is 8.87. The van der Waals surface area contributed by atoms with Crippen LogP contribution in [0.25, 0.3) is 10.2 Å². The number of thiophene rings is 1. The van der Waals surface area contributed by atoms with Gasteiger partial charge in [-0.05, 0) is 43.4 Å². The summed E-state index contributed by atoms with van der Waals surface area (Å²) in [7, 11) is 0. The van der Waals surface area contributed by atoms with Gasteiger partial charge in [0.15, 0.2) is 5.82 Å². The number of nitrogens with one attached hydrogen (secondary N) is 1. The van der Waals surface area contributed by atoms with Crippen LogP contribution >= 0.6 is 23.1 Å². The molecule has 112 valence electrons. The van der Waals surface area contributed by atoms with Crippen LogP contribution < -0.4 is 5.43 Å². The van der Waals surface area contributed by atoms with Crippen molar-refractivity contribution in [3.05, 3.63) is 46.6 Å². The second-order valence-corrected chi connectivity index (χ2v) is 6.91. The lowest BCUT2D eigenvalue weighted by Crippen LogP contribution is -1.95. The Labute approximate surface area is 137 Å². The van der Waals surface area contributed by atoms with Crippen molar-refractivity contribution in [3.63, 3.8) is 0 Å². The van der Waals surface area contributed by atoms with Crippen LogP contribution in [0.2, 0.25) is 0 Å². The van der Waals surface area contributed by atoms with E-state index in [1.165, 1.54) is 15.3 Å². The third kappa shape index (κ3) is 2.98. The van der Waals surface area contributed by atoms with Crippen LogP contribution in [0.1, 0.15) is 16.0 Å². The molecule has 2 aromatic heterocycles. The van der Waals surface area contributed by atoms with E-state index in [0.29, 0.717) is 0 Å². The molecule has 0 fully saturated rings. The van der Waals surface area contributed by atoms with Crippen molar-refractivity contribution in [2.75, 3.05) is 11.7 Å². The standard InChI is InChI=1S/C16H16N4S2/c1-10-11(2)22-16-14(10)15(17-9-18-16)20-19-8-12-4-6-13(21-3)7-5-12/h4-9H,1-3H3,(H,17,18,20)/b19-8-. The molecule has 0 unspecified atom stereocenters. The van der Waals surface area contributed by atoms with Gasteiger partial charge >= 0.3 is 0 Å². The summed E-state index contributed by atoms with van der Waals surface area (Å²) >= 11 is 3.41. The molecule has 0 amide bonds. The fraction of sp³-hybridized carbons (Fsp3) is 0.188. The predicted octanol–water partition coefficient (Wildman–Crippen LogP) is 4.48. The van der Waals surface area contributed by atoms with Crippen molar-refractivity contribution in [2.45, 2.75) is 18.7 Å². The molecule has 0 aliphatic rings. The molecule has 0 bridgehead atoms. The Hall–Kier alpha value is -1.92. The Bertz CT molecular complexity index is 822. The fourth-order valence-corrected chi connectivity index (χ4v) is 3.53. The summed E-state index contributed by atoms with van der Waals surface area (Å²) in [5.74, 6) is 0.754. The first kappa shape index (κ1) is 15.0. The Morgan fingerprint density at radius 3 is 2.68 bits per heavy atom. The number of anilines is 1. The van der Waals surface area contributed by atoms with E-state index in [1.807, 2.05) is 12.1 Å². The average molecular weight is 328 g/mol. The van der Waals surface area contributed by atoms with E-state index < -0.39 is 0 Å². The predicted molar refractivity (Wildman–Crippen MR) is 96.3 cm³/mol. The lowest BCUT2D eigenvalue weighted by Gasteiger charge is -2.02. The van der Waals surface area contributed by atoms with Gasteiger partial charge in [-0.1, -0.05) is 12.1 Å². The molecule has 0 aliphatic carbocycles. The highest BCUT2D eigenvalue weighted by Crippen LogP contribution is 2.32. The van der Waals surface area contributed by atoms with Crippen molar-refractivity contribution in [3.8, 4) is 0 Å². The Morgan fingerprint density at radius 2 is 1.95 bits per heavy atom. The summed E-state index contributed by atoms with van der Waals surface area (Å²) in [5, 5.41) is 5.36. The maximum absolute atomic E-state index is 4.32. The van der Waals surface area contributed by atoms with Gasteiger partial charge < -0.3 is 0 Å². The number of hydrogen-bond donors (Lipinski definition) is 1. The van der Waals surface area contributed by atoms with E-state index in [0.717, 1.165) is 21.6 Å². The Morgan fingerprint density at radius 1 is 1.18 bits per heavy atom. The van der Waals surface area contributed by atoms with Crippen LogP contribution in [-0.4, -0.2) is 22.4 Å². The molecule has 22 heavy (non-hydrogen) atoms. The van der Waals surface area contributed by atoms with Crippen molar-refractivity contribution in [2.24, 2.45) is 5.10 Å². The van der Waals surface area contributed by atoms with E-state index in [9.17, 15) is 0 Å². The average Bonchev–Trinajstić information content (AvgIpc) is 2.84. The van der Waals surface area contributed by atoms with Crippen LogP contribution in [0.3, 0.4) is 0 Å². The van der Waals surface area contributed by atoms with E-state index in [4.69, 9.17) is 0 Å². The molecular weight excluding hydrogens is 312 g/mol. The fourth-order valence-electron chi connectivity index (χ4n) is 2.13. The van der Waals surface area contributed by atoms with E-state index in [-0.39, 0.29) is 0 Å². The van der Waals surface area contributed by atoms with Crippen molar-refractivity contribution >= 4 is 45.3 Å². The second-order valence-electron chi connectivity index (χ2n) is 4.83. The van der Waals surface area contributed by atoms with Gasteiger partial charge in [-0.3, -0.25) is 5.43 Å². The molecule has 1 N–H and O–H groups in total. The minimum absolute atomic E-state index is 0.754. The summed E-state index contributed by atoms with van der Waals surface area (Å²) in [6.07, 6.45) is 5.44. The van der Waals surface area contributed by atoms with Crippen LogP contribution in [0.15, 0.2) is 40.6 Å². The smallest absolute Gasteiger partial charge is 0.158 e. The van der Waals surface area contributed by atoms with Gasteiger partial charge in [0, 0.05) is 9.77 Å². The maximum atomic E-state index is 4.32. The number of hydrogen-bond acceptors (Lipinski definition) is 6. The van der Waals surface area contributed by atoms with Gasteiger partial charge in [0.25, 0.3) is 0 Å². The summed E-state index contributed by atoms with van der Waals surface area (Å²) in [5.41, 5.74) is 5.30. The Balaban J connectivity index is 1.82. The highest BCUT2D eigenvalue weighted by atomic mass is 32.2. The van der Waals surface area contributed by atoms with Crippen LogP contribution in [0.4, 0.5) is 5.82 Å². The minimum atomic E-state index is 0.754. The topological polar surface area (TPSA) is 50.2 Å². The number of aromatic nitrogens is 2. The minimum Gasteiger partial charge on any atom is -0.261 e. The summed E-state index contributed by atoms with van der Waals surface area (Å²) < 4.78 is 0. The van der Waals surface area contributed by atoms with Gasteiger partial charge in [0.05, 0.1) is 11.6 Å². The molecule has 6 heteroatoms. The van der Waals surface area contributed by atoms with E-state index >= 15 is 0 Å². The highest BCUT2D eigenvalue weighted by Gasteiger charge is 2.11. The molecule has 0 radical (unpaired) electrons. The largest absolute Gasteiger partial charge is 0.261 e. The Kier molecular flexibility index (Phi) is 4.40. The molecule has 0 saturated heterocycles. The molecule has 3 aromatic rings. The number of thioether (sulfide) groups is 1. The zero-order valence-electron chi connectivity index (χ0n) is 12.6. The first-order valence-electron chi connectivity index (χ1n) is 6.83. The lowest BCUT2D eigenvalue weighted by molar-refractivity contribution is 1.19. The van der Waals surface area contributed by atoms with Gasteiger partial charge in [-0.25, -0.2) is 9.97 Å². The monoisotopic (exact) mass is 328 g/mol. The summed E-state index contributed by atoms with van der Waals surface area (Å²) in [6, 6.07) is 8.27. The zero-order valence-corrected chi connectivity index (χ0v) is 14.3. The van der Waals surface area contributed by atoms with Gasteiger partial charge in [0.2, 0.25) is 0 Å². The molecule has 0 atom stereocenters. The second kappa shape index (κ2) is 6.46. The van der Waals surface area contributed by atoms with Crippen molar-refractivity contribution < 1.29 is 0 Å². The molecule has 0 spiro atoms. The molecule has 4 nitrogen and oxygen atoms in total. The normalized spacial score (nSPS) is 11.4. The van der Waals surface area contributed by atoms with Crippen LogP contribution in [0, 0.1) is 13.8 Å². The summed E-state index contributed by atoms with van der Waals surface area (Å²) in [6.45, 7) is 4.19. The van der Waals surface area contributed by atoms with Gasteiger partial charge in [-0.15, -0.1) is 23.1 Å². The summed E-state index contributed by atoms with van der Waals surface area (Å²) in [4.78, 5) is 12.1. The van der Waals surface area contributed by atoms with Crippen LogP contribution in [0.5, 0.6) is 0 Å². The molecule has 3 rings (SSSR count). The van der Waals surface area contributed by atoms with Crippen molar-refractivity contribution in [1.82, 2.24) is 9.97 Å². The molecule has 0 saturated carbocycles. The molecular formula is C16H16N4S2. The molecule has 1 aromatic carbocycles. The lowest BCUT2D eigenvalue weighted by atomic mass is 10.2. The number of aryl methyl sites for hydroxylation is 2. The van der Waals surface area contributed by atoms with E-state index in [1.54, 1.807) is 35.6 Å².